The van der Waals surface area contributed by atoms with E-state index in [2.05, 4.69) is 21.5 Å². The van der Waals surface area contributed by atoms with E-state index in [0.717, 1.165) is 41.8 Å². The van der Waals surface area contributed by atoms with Gasteiger partial charge in [0.15, 0.2) is 0 Å². The fraction of sp³-hybridized carbons (Fsp3) is 0.391. The molecule has 0 spiro atoms. The molecule has 1 aromatic heterocycles. The van der Waals surface area contributed by atoms with Crippen LogP contribution in [0, 0.1) is 0 Å². The lowest BCUT2D eigenvalue weighted by molar-refractivity contribution is 0.168. The second-order valence-corrected chi connectivity index (χ2v) is 8.47. The first kappa shape index (κ1) is 19.8. The number of hydrogen-bond donors (Lipinski definition) is 2. The van der Waals surface area contributed by atoms with Gasteiger partial charge < -0.3 is 15.2 Å². The second kappa shape index (κ2) is 9.35. The van der Waals surface area contributed by atoms with Crippen molar-refractivity contribution in [3.8, 4) is 0 Å². The number of aromatic amines is 1. The molecule has 1 fully saturated rings. The first-order chi connectivity index (χ1) is 14.2. The summed E-state index contributed by atoms with van der Waals surface area (Å²) in [6.45, 7) is 0.666. The predicted molar refractivity (Wildman–Crippen MR) is 121 cm³/mol. The Kier molecular flexibility index (Phi) is 6.39. The number of para-hydroxylation sites is 2. The molecule has 5 nitrogen and oxygen atoms in total. The van der Waals surface area contributed by atoms with Gasteiger partial charge in [0.25, 0.3) is 0 Å². The van der Waals surface area contributed by atoms with Gasteiger partial charge in [-0.3, -0.25) is 0 Å². The molecule has 1 aliphatic carbocycles. The summed E-state index contributed by atoms with van der Waals surface area (Å²) in [5, 5.41) is 3.10. The third kappa shape index (κ3) is 4.93. The van der Waals surface area contributed by atoms with Crippen LogP contribution in [-0.4, -0.2) is 39.7 Å². The minimum Gasteiger partial charge on any atom is -0.342 e. The number of nitrogens with one attached hydrogen (secondary N) is 2. The quantitative estimate of drug-likeness (QED) is 0.515. The van der Waals surface area contributed by atoms with Crippen molar-refractivity contribution in [3.63, 3.8) is 0 Å². The van der Waals surface area contributed by atoms with E-state index in [4.69, 9.17) is 0 Å². The fourth-order valence-corrected chi connectivity index (χ4v) is 4.47. The van der Waals surface area contributed by atoms with Crippen molar-refractivity contribution in [2.45, 2.75) is 49.5 Å². The van der Waals surface area contributed by atoms with Gasteiger partial charge in [0.05, 0.1) is 11.0 Å². The Hall–Kier alpha value is -2.47. The zero-order valence-corrected chi connectivity index (χ0v) is 17.7. The number of benzene rings is 2. The van der Waals surface area contributed by atoms with Crippen LogP contribution in [-0.2, 0) is 6.42 Å². The van der Waals surface area contributed by atoms with Crippen LogP contribution in [0.3, 0.4) is 0 Å². The molecule has 2 N–H and O–H groups in total. The average molecular weight is 409 g/mol. The highest BCUT2D eigenvalue weighted by atomic mass is 32.2. The zero-order valence-electron chi connectivity index (χ0n) is 16.9. The minimum atomic E-state index is -0.00934. The molecule has 2 aromatic carbocycles. The van der Waals surface area contributed by atoms with Crippen LogP contribution in [0.15, 0.2) is 53.4 Å². The van der Waals surface area contributed by atoms with E-state index >= 15 is 0 Å². The number of rotatable bonds is 6. The summed E-state index contributed by atoms with van der Waals surface area (Å²) in [5.74, 6) is 0.934. The highest BCUT2D eigenvalue weighted by Crippen LogP contribution is 2.24. The van der Waals surface area contributed by atoms with Gasteiger partial charge in [-0.2, -0.15) is 0 Å². The van der Waals surface area contributed by atoms with Crippen molar-refractivity contribution >= 4 is 34.5 Å². The zero-order chi connectivity index (χ0) is 20.1. The highest BCUT2D eigenvalue weighted by molar-refractivity contribution is 7.98. The molecule has 0 atom stereocenters. The normalized spacial score (nSPS) is 14.8. The number of aromatic nitrogens is 2. The number of hydrogen-bond acceptors (Lipinski definition) is 3. The fourth-order valence-electron chi connectivity index (χ4n) is 4.06. The number of carbonyl (C=O) groups is 1. The van der Waals surface area contributed by atoms with Gasteiger partial charge in [-0.15, -0.1) is 11.8 Å². The Morgan fingerprint density at radius 3 is 2.62 bits per heavy atom. The van der Waals surface area contributed by atoms with Crippen molar-refractivity contribution in [1.29, 1.82) is 0 Å². The van der Waals surface area contributed by atoms with Crippen LogP contribution in [0.5, 0.6) is 0 Å². The third-order valence-corrected chi connectivity index (χ3v) is 6.39. The first-order valence-corrected chi connectivity index (χ1v) is 11.6. The largest absolute Gasteiger partial charge is 0.342 e. The molecule has 152 valence electrons. The van der Waals surface area contributed by atoms with Gasteiger partial charge >= 0.3 is 6.03 Å². The summed E-state index contributed by atoms with van der Waals surface area (Å²) in [6, 6.07) is 16.4. The Morgan fingerprint density at radius 1 is 1.14 bits per heavy atom. The SMILES string of the molecule is CSc1ccc(NC(=O)N(CCc2nc3ccccc3[nH]2)C2CCCCC2)cc1. The molecule has 0 radical (unpaired) electrons. The number of fused-ring (bicyclic) bond motifs is 1. The van der Waals surface area contributed by atoms with Crippen LogP contribution < -0.4 is 5.32 Å². The maximum absolute atomic E-state index is 13.1. The van der Waals surface area contributed by atoms with Gasteiger partial charge in [-0.25, -0.2) is 9.78 Å². The maximum atomic E-state index is 13.1. The molecule has 2 amide bonds. The first-order valence-electron chi connectivity index (χ1n) is 10.4. The summed E-state index contributed by atoms with van der Waals surface area (Å²) in [6.07, 6.45) is 8.60. The van der Waals surface area contributed by atoms with E-state index in [0.29, 0.717) is 12.6 Å². The van der Waals surface area contributed by atoms with E-state index in [1.807, 2.05) is 53.4 Å². The molecule has 29 heavy (non-hydrogen) atoms. The smallest absolute Gasteiger partial charge is 0.322 e. The summed E-state index contributed by atoms with van der Waals surface area (Å²) < 4.78 is 0. The van der Waals surface area contributed by atoms with E-state index in [-0.39, 0.29) is 6.03 Å². The molecule has 6 heteroatoms. The van der Waals surface area contributed by atoms with Gasteiger partial charge in [-0.05, 0) is 55.5 Å². The Morgan fingerprint density at radius 2 is 1.90 bits per heavy atom. The van der Waals surface area contributed by atoms with Crippen molar-refractivity contribution in [2.75, 3.05) is 18.1 Å². The van der Waals surface area contributed by atoms with Gasteiger partial charge in [0, 0.05) is 29.6 Å². The highest BCUT2D eigenvalue weighted by Gasteiger charge is 2.25. The third-order valence-electron chi connectivity index (χ3n) is 5.65. The number of anilines is 1. The molecule has 1 saturated carbocycles. The summed E-state index contributed by atoms with van der Waals surface area (Å²) >= 11 is 1.70. The number of thioether (sulfide) groups is 1. The Balaban J connectivity index is 1.46. The van der Waals surface area contributed by atoms with Crippen LogP contribution in [0.2, 0.25) is 0 Å². The number of nitrogens with zero attached hydrogens (tertiary/aromatic N) is 2. The van der Waals surface area contributed by atoms with Crippen LogP contribution >= 0.6 is 11.8 Å². The van der Waals surface area contributed by atoms with E-state index in [9.17, 15) is 4.79 Å². The molecular weight excluding hydrogens is 380 g/mol. The predicted octanol–water partition coefficient (Wildman–Crippen LogP) is 5.69. The monoisotopic (exact) mass is 408 g/mol. The Labute approximate surface area is 176 Å². The minimum absolute atomic E-state index is 0.00934. The molecule has 0 aliphatic heterocycles. The van der Waals surface area contributed by atoms with Crippen LogP contribution in [0.1, 0.15) is 37.9 Å². The van der Waals surface area contributed by atoms with E-state index in [1.165, 1.54) is 24.2 Å². The molecule has 0 saturated heterocycles. The number of urea groups is 1. The van der Waals surface area contributed by atoms with E-state index in [1.54, 1.807) is 11.8 Å². The number of amides is 2. The van der Waals surface area contributed by atoms with Gasteiger partial charge in [0.2, 0.25) is 0 Å². The molecular formula is C23H28N4OS. The summed E-state index contributed by atoms with van der Waals surface area (Å²) in [7, 11) is 0. The number of H-pyrrole nitrogens is 1. The van der Waals surface area contributed by atoms with Crippen LogP contribution in [0.4, 0.5) is 10.5 Å². The lowest BCUT2D eigenvalue weighted by Crippen LogP contribution is -2.45. The molecule has 4 rings (SSSR count). The summed E-state index contributed by atoms with van der Waals surface area (Å²) in [4.78, 5) is 24.4. The number of carbonyl (C=O) groups excluding carboxylic acids is 1. The topological polar surface area (TPSA) is 61.0 Å². The van der Waals surface area contributed by atoms with Crippen molar-refractivity contribution in [1.82, 2.24) is 14.9 Å². The number of imidazole rings is 1. The molecule has 0 unspecified atom stereocenters. The second-order valence-electron chi connectivity index (χ2n) is 7.59. The average Bonchev–Trinajstić information content (AvgIpc) is 3.18. The lowest BCUT2D eigenvalue weighted by atomic mass is 9.94. The lowest BCUT2D eigenvalue weighted by Gasteiger charge is -2.34. The van der Waals surface area contributed by atoms with E-state index < -0.39 is 0 Å². The molecule has 1 heterocycles. The molecule has 3 aromatic rings. The van der Waals surface area contributed by atoms with Crippen molar-refractivity contribution < 1.29 is 4.79 Å². The van der Waals surface area contributed by atoms with Gasteiger partial charge in [-0.1, -0.05) is 31.4 Å². The van der Waals surface area contributed by atoms with Crippen molar-refractivity contribution in [3.05, 3.63) is 54.4 Å². The summed E-state index contributed by atoms with van der Waals surface area (Å²) in [5.41, 5.74) is 2.87. The van der Waals surface area contributed by atoms with Gasteiger partial charge in [0.1, 0.15) is 5.82 Å². The van der Waals surface area contributed by atoms with Crippen LogP contribution in [0.25, 0.3) is 11.0 Å². The maximum Gasteiger partial charge on any atom is 0.322 e. The molecule has 1 aliphatic rings. The van der Waals surface area contributed by atoms with Crippen molar-refractivity contribution in [2.24, 2.45) is 0 Å². The Bertz CT molecular complexity index is 914. The standard InChI is InChI=1S/C23H28N4OS/c1-29-19-13-11-17(12-14-19)24-23(28)27(18-7-3-2-4-8-18)16-15-22-25-20-9-5-6-10-21(20)26-22/h5-6,9-14,18H,2-4,7-8,15-16H2,1H3,(H,24,28)(H,25,26). The molecule has 0 bridgehead atoms.